The van der Waals surface area contributed by atoms with Gasteiger partial charge in [-0.1, -0.05) is 41.9 Å². The highest BCUT2D eigenvalue weighted by molar-refractivity contribution is 7.87. The fraction of sp³-hybridized carbons (Fsp3) is 0.333. The van der Waals surface area contributed by atoms with Crippen molar-refractivity contribution in [1.29, 1.82) is 0 Å². The molecule has 0 atom stereocenters. The standard InChI is InChI=1S/C27H27ClF3N3O7S/c1-38-11-12-39-22-9-8-18(24(14-22)41-25-23(28)13-21(15-32-25)27(29,30)31)7-4-10-40-26(35)33-42(36,37)34-16-19-5-2-3-6-20(19)17-34/h2-3,5-6,8-9,13-15H,4,7,10-12,16-17H2,1H3,(H,33,35). The number of rotatable bonds is 12. The number of pyridine rings is 1. The van der Waals surface area contributed by atoms with Crippen LogP contribution in [0.1, 0.15) is 28.7 Å². The Hall–Kier alpha value is -3.59. The van der Waals surface area contributed by atoms with Crippen LogP contribution in [0.3, 0.4) is 0 Å². The maximum absolute atomic E-state index is 13.0. The van der Waals surface area contributed by atoms with E-state index in [0.717, 1.165) is 15.4 Å². The number of aromatic nitrogens is 1. The van der Waals surface area contributed by atoms with Gasteiger partial charge in [0.1, 0.15) is 23.1 Å². The van der Waals surface area contributed by atoms with Crippen molar-refractivity contribution in [3.05, 3.63) is 82.0 Å². The van der Waals surface area contributed by atoms with E-state index in [-0.39, 0.29) is 55.8 Å². The lowest BCUT2D eigenvalue weighted by Crippen LogP contribution is -2.41. The number of amides is 1. The summed E-state index contributed by atoms with van der Waals surface area (Å²) in [4.78, 5) is 15.9. The van der Waals surface area contributed by atoms with Crippen molar-refractivity contribution in [2.24, 2.45) is 0 Å². The summed E-state index contributed by atoms with van der Waals surface area (Å²) in [6.07, 6.45) is -4.59. The highest BCUT2D eigenvalue weighted by atomic mass is 35.5. The van der Waals surface area contributed by atoms with Crippen molar-refractivity contribution in [1.82, 2.24) is 14.0 Å². The molecule has 1 aliphatic heterocycles. The maximum Gasteiger partial charge on any atom is 0.421 e. The minimum absolute atomic E-state index is 0.133. The van der Waals surface area contributed by atoms with Crippen LogP contribution >= 0.6 is 11.6 Å². The van der Waals surface area contributed by atoms with Gasteiger partial charge < -0.3 is 18.9 Å². The van der Waals surface area contributed by atoms with Gasteiger partial charge in [0.25, 0.3) is 0 Å². The molecule has 10 nitrogen and oxygen atoms in total. The number of benzene rings is 2. The van der Waals surface area contributed by atoms with Crippen LogP contribution in [0.4, 0.5) is 18.0 Å². The first-order chi connectivity index (χ1) is 20.0. The third-order valence-corrected chi connectivity index (χ3v) is 7.76. The Bertz CT molecular complexity index is 1500. The van der Waals surface area contributed by atoms with Crippen LogP contribution in [0.2, 0.25) is 5.02 Å². The summed E-state index contributed by atoms with van der Waals surface area (Å²) in [5.74, 6) is 0.364. The number of nitrogens with one attached hydrogen (secondary N) is 1. The summed E-state index contributed by atoms with van der Waals surface area (Å²) in [6.45, 7) is 0.718. The molecule has 1 aromatic heterocycles. The van der Waals surface area contributed by atoms with Crippen LogP contribution in [0.25, 0.3) is 0 Å². The summed E-state index contributed by atoms with van der Waals surface area (Å²) in [5.41, 5.74) is 1.27. The van der Waals surface area contributed by atoms with Crippen molar-refractivity contribution < 1.29 is 45.3 Å². The van der Waals surface area contributed by atoms with Gasteiger partial charge in [0, 0.05) is 32.5 Å². The van der Waals surface area contributed by atoms with Crippen molar-refractivity contribution in [2.45, 2.75) is 32.1 Å². The molecule has 1 N–H and O–H groups in total. The molecule has 15 heteroatoms. The topological polar surface area (TPSA) is 116 Å². The molecule has 0 spiro atoms. The van der Waals surface area contributed by atoms with Crippen LogP contribution in [-0.2, 0) is 45.4 Å². The van der Waals surface area contributed by atoms with Crippen molar-refractivity contribution >= 4 is 27.9 Å². The first kappa shape index (κ1) is 31.3. The number of aryl methyl sites for hydroxylation is 1. The number of halogens is 4. The lowest BCUT2D eigenvalue weighted by atomic mass is 10.1. The van der Waals surface area contributed by atoms with E-state index in [9.17, 15) is 26.4 Å². The quantitative estimate of drug-likeness (QED) is 0.262. The van der Waals surface area contributed by atoms with Gasteiger partial charge >= 0.3 is 22.5 Å². The van der Waals surface area contributed by atoms with Gasteiger partial charge in [-0.25, -0.2) is 14.5 Å². The van der Waals surface area contributed by atoms with Gasteiger partial charge in [-0.2, -0.15) is 25.9 Å². The number of hydrogen-bond donors (Lipinski definition) is 1. The summed E-state index contributed by atoms with van der Waals surface area (Å²) in [7, 11) is -2.60. The number of ether oxygens (including phenoxy) is 4. The van der Waals surface area contributed by atoms with Gasteiger partial charge in [0.15, 0.2) is 0 Å². The summed E-state index contributed by atoms with van der Waals surface area (Å²) >= 11 is 6.02. The van der Waals surface area contributed by atoms with Crippen molar-refractivity contribution in [3.63, 3.8) is 0 Å². The van der Waals surface area contributed by atoms with Gasteiger partial charge in [0.2, 0.25) is 5.88 Å². The van der Waals surface area contributed by atoms with Crippen molar-refractivity contribution in [3.8, 4) is 17.4 Å². The fourth-order valence-electron chi connectivity index (χ4n) is 4.03. The fourth-order valence-corrected chi connectivity index (χ4v) is 5.25. The summed E-state index contributed by atoms with van der Waals surface area (Å²) in [6, 6.07) is 12.8. The monoisotopic (exact) mass is 629 g/mol. The van der Waals surface area contributed by atoms with Crippen LogP contribution < -0.4 is 14.2 Å². The van der Waals surface area contributed by atoms with Crippen LogP contribution in [-0.4, -0.2) is 50.7 Å². The van der Waals surface area contributed by atoms with Gasteiger partial charge in [-0.15, -0.1) is 0 Å². The Morgan fingerprint density at radius 3 is 2.43 bits per heavy atom. The van der Waals surface area contributed by atoms with Crippen LogP contribution in [0.5, 0.6) is 17.4 Å². The van der Waals surface area contributed by atoms with E-state index in [1.54, 1.807) is 12.1 Å². The minimum Gasteiger partial charge on any atom is -0.491 e. The molecule has 2 heterocycles. The summed E-state index contributed by atoms with van der Waals surface area (Å²) in [5, 5.41) is -0.344. The molecule has 2 aromatic carbocycles. The molecule has 1 amide bonds. The number of alkyl halides is 3. The smallest absolute Gasteiger partial charge is 0.421 e. The number of carbonyl (C=O) groups excluding carboxylic acids is 1. The second-order valence-electron chi connectivity index (χ2n) is 9.10. The average molecular weight is 630 g/mol. The van der Waals surface area contributed by atoms with Crippen LogP contribution in [0, 0.1) is 0 Å². The number of hydrogen-bond acceptors (Lipinski definition) is 8. The molecule has 0 saturated carbocycles. The highest BCUT2D eigenvalue weighted by Gasteiger charge is 2.32. The Morgan fingerprint density at radius 2 is 1.79 bits per heavy atom. The Morgan fingerprint density at radius 1 is 1.07 bits per heavy atom. The third kappa shape index (κ3) is 8.25. The molecule has 0 bridgehead atoms. The second-order valence-corrected chi connectivity index (χ2v) is 11.2. The number of fused-ring (bicyclic) bond motifs is 1. The molecule has 42 heavy (non-hydrogen) atoms. The number of nitrogens with zero attached hydrogens (tertiary/aromatic N) is 2. The molecule has 4 rings (SSSR count). The Kier molecular flexibility index (Phi) is 10.1. The predicted octanol–water partition coefficient (Wildman–Crippen LogP) is 5.49. The molecule has 0 aliphatic carbocycles. The molecule has 0 saturated heterocycles. The molecular weight excluding hydrogens is 603 g/mol. The molecule has 1 aliphatic rings. The molecule has 3 aromatic rings. The van der Waals surface area contributed by atoms with Gasteiger partial charge in [-0.3, -0.25) is 0 Å². The first-order valence-electron chi connectivity index (χ1n) is 12.6. The van der Waals surface area contributed by atoms with Gasteiger partial charge in [0.05, 0.1) is 18.8 Å². The van der Waals surface area contributed by atoms with E-state index < -0.39 is 28.0 Å². The molecular formula is C27H27ClF3N3O7S. The zero-order valence-corrected chi connectivity index (χ0v) is 23.9. The average Bonchev–Trinajstić information content (AvgIpc) is 3.38. The second kappa shape index (κ2) is 13.6. The normalized spacial score (nSPS) is 13.5. The van der Waals surface area contributed by atoms with E-state index in [2.05, 4.69) is 4.98 Å². The lowest BCUT2D eigenvalue weighted by Gasteiger charge is -2.16. The molecule has 0 fully saturated rings. The predicted molar refractivity (Wildman–Crippen MR) is 146 cm³/mol. The number of carbonyl (C=O) groups is 1. The van der Waals surface area contributed by atoms with E-state index in [1.165, 1.54) is 13.2 Å². The van der Waals surface area contributed by atoms with Gasteiger partial charge in [-0.05, 0) is 41.7 Å². The molecule has 226 valence electrons. The van der Waals surface area contributed by atoms with Crippen LogP contribution in [0.15, 0.2) is 54.7 Å². The summed E-state index contributed by atoms with van der Waals surface area (Å²) < 4.78 is 88.7. The lowest BCUT2D eigenvalue weighted by molar-refractivity contribution is -0.137. The largest absolute Gasteiger partial charge is 0.491 e. The maximum atomic E-state index is 13.0. The Balaban J connectivity index is 1.36. The van der Waals surface area contributed by atoms with E-state index in [0.29, 0.717) is 30.2 Å². The number of methoxy groups -OCH3 is 1. The van der Waals surface area contributed by atoms with E-state index >= 15 is 0 Å². The Labute approximate surface area is 245 Å². The zero-order valence-electron chi connectivity index (χ0n) is 22.3. The minimum atomic E-state index is -4.62. The first-order valence-corrected chi connectivity index (χ1v) is 14.4. The molecule has 0 radical (unpaired) electrons. The van der Waals surface area contributed by atoms with E-state index in [1.807, 2.05) is 29.0 Å². The zero-order chi connectivity index (χ0) is 30.3. The molecule has 0 unspecified atom stereocenters. The SMILES string of the molecule is COCCOc1ccc(CCCOC(=O)NS(=O)(=O)N2Cc3ccccc3C2)c(Oc2ncc(C(F)(F)F)cc2Cl)c1. The highest BCUT2D eigenvalue weighted by Crippen LogP contribution is 2.36. The van der Waals surface area contributed by atoms with E-state index in [4.69, 9.17) is 30.5 Å². The van der Waals surface area contributed by atoms with Crippen molar-refractivity contribution in [2.75, 3.05) is 26.9 Å². The third-order valence-electron chi connectivity index (χ3n) is 6.12.